The van der Waals surface area contributed by atoms with Crippen molar-refractivity contribution >= 4 is 27.1 Å². The molecular formula is C17H13N5O2S. The molecule has 3 aromatic heterocycles. The standard InChI is InChI=1S/C17H13N5O2S/c1-21(12-4-5-14-15(7-12)24-10-23-14)17-20-22-13(9-19-16(22)25-17)11-3-2-6-18-8-11/h2-9H,10H2,1H3. The third-order valence-corrected chi connectivity index (χ3v) is 5.06. The normalized spacial score (nSPS) is 12.7. The summed E-state index contributed by atoms with van der Waals surface area (Å²) in [5.41, 5.74) is 2.88. The highest BCUT2D eigenvalue weighted by Crippen LogP contribution is 2.38. The van der Waals surface area contributed by atoms with E-state index in [2.05, 4.69) is 9.97 Å². The molecule has 4 aromatic rings. The van der Waals surface area contributed by atoms with Crippen LogP contribution in [0, 0.1) is 0 Å². The lowest BCUT2D eigenvalue weighted by Crippen LogP contribution is -2.09. The van der Waals surface area contributed by atoms with Gasteiger partial charge in [0.15, 0.2) is 11.5 Å². The minimum absolute atomic E-state index is 0.266. The van der Waals surface area contributed by atoms with Crippen LogP contribution in [-0.4, -0.2) is 33.4 Å². The number of aromatic nitrogens is 4. The molecule has 0 unspecified atom stereocenters. The summed E-state index contributed by atoms with van der Waals surface area (Å²) in [6.07, 6.45) is 5.38. The molecule has 0 saturated carbocycles. The van der Waals surface area contributed by atoms with Crippen LogP contribution >= 0.6 is 11.3 Å². The Morgan fingerprint density at radius 1 is 1.16 bits per heavy atom. The van der Waals surface area contributed by atoms with Crippen molar-refractivity contribution in [1.82, 2.24) is 19.6 Å². The van der Waals surface area contributed by atoms with E-state index in [1.165, 1.54) is 11.3 Å². The second kappa shape index (κ2) is 5.45. The minimum Gasteiger partial charge on any atom is -0.454 e. The molecule has 8 heteroatoms. The van der Waals surface area contributed by atoms with Gasteiger partial charge in [-0.3, -0.25) is 4.98 Å². The van der Waals surface area contributed by atoms with Crippen LogP contribution in [0.1, 0.15) is 0 Å². The fraction of sp³-hybridized carbons (Fsp3) is 0.118. The van der Waals surface area contributed by atoms with E-state index in [1.54, 1.807) is 6.20 Å². The van der Waals surface area contributed by atoms with Crippen molar-refractivity contribution in [2.45, 2.75) is 0 Å². The first-order valence-electron chi connectivity index (χ1n) is 7.68. The predicted octanol–water partition coefficient (Wildman–Crippen LogP) is 3.35. The maximum atomic E-state index is 5.46. The topological polar surface area (TPSA) is 64.8 Å². The molecule has 1 aliphatic heterocycles. The van der Waals surface area contributed by atoms with Crippen LogP contribution in [-0.2, 0) is 0 Å². The predicted molar refractivity (Wildman–Crippen MR) is 94.7 cm³/mol. The molecule has 0 N–H and O–H groups in total. The average Bonchev–Trinajstić information content (AvgIpc) is 3.36. The second-order valence-electron chi connectivity index (χ2n) is 5.56. The van der Waals surface area contributed by atoms with Gasteiger partial charge in [0.2, 0.25) is 16.9 Å². The van der Waals surface area contributed by atoms with E-state index < -0.39 is 0 Å². The number of nitrogens with zero attached hydrogens (tertiary/aromatic N) is 5. The summed E-state index contributed by atoms with van der Waals surface area (Å²) in [4.78, 5) is 11.5. The number of hydrogen-bond acceptors (Lipinski definition) is 7. The van der Waals surface area contributed by atoms with Gasteiger partial charge in [-0.15, -0.1) is 5.10 Å². The highest BCUT2D eigenvalue weighted by Gasteiger charge is 2.18. The summed E-state index contributed by atoms with van der Waals surface area (Å²) >= 11 is 1.52. The summed E-state index contributed by atoms with van der Waals surface area (Å²) in [7, 11) is 1.97. The fourth-order valence-electron chi connectivity index (χ4n) is 2.73. The zero-order valence-electron chi connectivity index (χ0n) is 13.3. The van der Waals surface area contributed by atoms with Crippen molar-refractivity contribution < 1.29 is 9.47 Å². The van der Waals surface area contributed by atoms with E-state index in [-0.39, 0.29) is 6.79 Å². The zero-order chi connectivity index (χ0) is 16.8. The lowest BCUT2D eigenvalue weighted by Gasteiger charge is -2.15. The number of fused-ring (bicyclic) bond motifs is 2. The van der Waals surface area contributed by atoms with Crippen LogP contribution in [0.5, 0.6) is 11.5 Å². The summed E-state index contributed by atoms with van der Waals surface area (Å²) in [6.45, 7) is 0.266. The third-order valence-electron chi connectivity index (χ3n) is 4.06. The fourth-order valence-corrected chi connectivity index (χ4v) is 3.59. The largest absolute Gasteiger partial charge is 0.454 e. The van der Waals surface area contributed by atoms with Crippen LogP contribution in [0.15, 0.2) is 48.9 Å². The zero-order valence-corrected chi connectivity index (χ0v) is 14.1. The van der Waals surface area contributed by atoms with E-state index in [0.717, 1.165) is 38.5 Å². The Bertz CT molecular complexity index is 1060. The Morgan fingerprint density at radius 3 is 2.96 bits per heavy atom. The van der Waals surface area contributed by atoms with Gasteiger partial charge < -0.3 is 14.4 Å². The highest BCUT2D eigenvalue weighted by atomic mass is 32.1. The Hall–Kier alpha value is -3.13. The van der Waals surface area contributed by atoms with Gasteiger partial charge in [-0.2, -0.15) is 0 Å². The minimum atomic E-state index is 0.266. The maximum absolute atomic E-state index is 5.46. The van der Waals surface area contributed by atoms with Crippen molar-refractivity contribution in [1.29, 1.82) is 0 Å². The van der Waals surface area contributed by atoms with Crippen LogP contribution in [0.4, 0.5) is 10.8 Å². The quantitative estimate of drug-likeness (QED) is 0.564. The number of anilines is 2. The number of benzene rings is 1. The smallest absolute Gasteiger partial charge is 0.231 e. The molecule has 0 amide bonds. The molecule has 0 radical (unpaired) electrons. The van der Waals surface area contributed by atoms with Crippen LogP contribution in [0.2, 0.25) is 0 Å². The van der Waals surface area contributed by atoms with Gasteiger partial charge in [-0.1, -0.05) is 11.3 Å². The van der Waals surface area contributed by atoms with Gasteiger partial charge in [0.25, 0.3) is 0 Å². The van der Waals surface area contributed by atoms with Crippen molar-refractivity contribution in [3.63, 3.8) is 0 Å². The van der Waals surface area contributed by atoms with Crippen LogP contribution in [0.25, 0.3) is 16.2 Å². The molecule has 0 spiro atoms. The molecule has 4 heterocycles. The van der Waals surface area contributed by atoms with Crippen LogP contribution < -0.4 is 14.4 Å². The number of hydrogen-bond donors (Lipinski definition) is 0. The van der Waals surface area contributed by atoms with Crippen molar-refractivity contribution in [2.75, 3.05) is 18.7 Å². The van der Waals surface area contributed by atoms with Gasteiger partial charge in [-0.05, 0) is 24.3 Å². The van der Waals surface area contributed by atoms with Crippen LogP contribution in [0.3, 0.4) is 0 Å². The van der Waals surface area contributed by atoms with E-state index >= 15 is 0 Å². The molecule has 0 atom stereocenters. The first kappa shape index (κ1) is 14.2. The van der Waals surface area contributed by atoms with Crippen molar-refractivity contribution in [3.8, 4) is 22.8 Å². The average molecular weight is 351 g/mol. The second-order valence-corrected chi connectivity index (χ2v) is 6.50. The van der Waals surface area contributed by atoms with E-state index in [0.29, 0.717) is 0 Å². The molecule has 0 saturated heterocycles. The molecule has 124 valence electrons. The van der Waals surface area contributed by atoms with Gasteiger partial charge in [-0.25, -0.2) is 9.50 Å². The number of pyridine rings is 1. The van der Waals surface area contributed by atoms with Gasteiger partial charge in [0.1, 0.15) is 0 Å². The molecule has 0 fully saturated rings. The summed E-state index contributed by atoms with van der Waals surface area (Å²) in [6, 6.07) is 9.75. The molecule has 5 rings (SSSR count). The third kappa shape index (κ3) is 2.30. The first-order chi connectivity index (χ1) is 12.3. The maximum Gasteiger partial charge on any atom is 0.231 e. The lowest BCUT2D eigenvalue weighted by atomic mass is 10.2. The molecule has 1 aromatic carbocycles. The van der Waals surface area contributed by atoms with E-state index in [4.69, 9.17) is 14.6 Å². The van der Waals surface area contributed by atoms with E-state index in [9.17, 15) is 0 Å². The molecular weight excluding hydrogens is 338 g/mol. The van der Waals surface area contributed by atoms with Crippen molar-refractivity contribution in [2.24, 2.45) is 0 Å². The summed E-state index contributed by atoms with van der Waals surface area (Å²) in [5, 5.41) is 5.56. The number of ether oxygens (including phenoxy) is 2. The summed E-state index contributed by atoms with van der Waals surface area (Å²) in [5.74, 6) is 1.52. The SMILES string of the molecule is CN(c1ccc2c(c1)OCO2)c1nn2c(-c3cccnc3)cnc2s1. The Morgan fingerprint density at radius 2 is 2.08 bits per heavy atom. The molecule has 0 bridgehead atoms. The van der Waals surface area contributed by atoms with Gasteiger partial charge in [0.05, 0.1) is 11.9 Å². The number of rotatable bonds is 3. The molecule has 1 aliphatic rings. The Balaban J connectivity index is 1.54. The lowest BCUT2D eigenvalue weighted by molar-refractivity contribution is 0.174. The Kier molecular flexibility index (Phi) is 3.10. The van der Waals surface area contributed by atoms with Gasteiger partial charge >= 0.3 is 0 Å². The molecule has 7 nitrogen and oxygen atoms in total. The number of imidazole rings is 1. The van der Waals surface area contributed by atoms with Crippen molar-refractivity contribution in [3.05, 3.63) is 48.9 Å². The summed E-state index contributed by atoms with van der Waals surface area (Å²) < 4.78 is 12.7. The molecule has 0 aliphatic carbocycles. The highest BCUT2D eigenvalue weighted by molar-refractivity contribution is 7.20. The monoisotopic (exact) mass is 351 g/mol. The molecule has 25 heavy (non-hydrogen) atoms. The van der Waals surface area contributed by atoms with Gasteiger partial charge in [0, 0.05) is 36.8 Å². The Labute approximate surface area is 147 Å². The van der Waals surface area contributed by atoms with E-state index in [1.807, 2.05) is 59.2 Å². The first-order valence-corrected chi connectivity index (χ1v) is 8.49.